The number of ether oxygens (including phenoxy) is 2. The summed E-state index contributed by atoms with van der Waals surface area (Å²) in [6.07, 6.45) is 5.97. The molecular formula is C73H70N6O6Si. The van der Waals surface area contributed by atoms with Gasteiger partial charge in [0.15, 0.2) is 0 Å². The SMILES string of the molecule is C#Cc1ccc(-n2c([C@@H](C)N(CCOC)C(=O)Cc3ccc(-c4ccccc4)cc3)nc3ccccc3c2=O)cc1.COCCN(C(=O)Cc1ccc(-c2ccccc2)cc1)C(C)c1nc2ccccc2c(=O)n1-c1ccc(C#C[Si](C)(C)C)cc1. The summed E-state index contributed by atoms with van der Waals surface area (Å²) in [5.41, 5.74) is 13.3. The molecule has 0 N–H and O–H groups in total. The van der Waals surface area contributed by atoms with E-state index in [9.17, 15) is 19.2 Å². The Labute approximate surface area is 504 Å². The molecule has 2 aromatic heterocycles. The van der Waals surface area contributed by atoms with E-state index in [0.717, 1.165) is 38.9 Å². The summed E-state index contributed by atoms with van der Waals surface area (Å²) in [6.45, 7) is 11.8. The monoisotopic (exact) mass is 1150 g/mol. The van der Waals surface area contributed by atoms with E-state index in [4.69, 9.17) is 25.9 Å². The summed E-state index contributed by atoms with van der Waals surface area (Å²) in [5.74, 6) is 6.69. The van der Waals surface area contributed by atoms with Gasteiger partial charge < -0.3 is 19.3 Å². The third kappa shape index (κ3) is 14.8. The number of nitrogens with zero attached hydrogens (tertiary/aromatic N) is 6. The molecule has 86 heavy (non-hydrogen) atoms. The predicted octanol–water partition coefficient (Wildman–Crippen LogP) is 12.9. The summed E-state index contributed by atoms with van der Waals surface area (Å²) >= 11 is 0. The highest BCUT2D eigenvalue weighted by molar-refractivity contribution is 6.83. The molecule has 10 rings (SSSR count). The Bertz CT molecular complexity index is 4200. The Balaban J connectivity index is 0.000000206. The van der Waals surface area contributed by atoms with Gasteiger partial charge in [-0.3, -0.25) is 28.3 Å². The first-order chi connectivity index (χ1) is 41.6. The molecule has 0 fully saturated rings. The molecule has 432 valence electrons. The second-order valence-electron chi connectivity index (χ2n) is 22.0. The van der Waals surface area contributed by atoms with Crippen molar-refractivity contribution in [2.75, 3.05) is 40.5 Å². The van der Waals surface area contributed by atoms with E-state index in [1.165, 1.54) is 0 Å². The molecule has 2 atom stereocenters. The quantitative estimate of drug-likeness (QED) is 0.0614. The second kappa shape index (κ2) is 28.2. The molecule has 10 aromatic rings. The topological polar surface area (TPSA) is 129 Å². The maximum atomic E-state index is 14.0. The van der Waals surface area contributed by atoms with Crippen LogP contribution in [0.1, 0.15) is 59.8 Å². The molecule has 0 saturated heterocycles. The lowest BCUT2D eigenvalue weighted by molar-refractivity contribution is -0.134. The number of carbonyl (C=O) groups excluding carboxylic acids is 2. The largest absolute Gasteiger partial charge is 0.383 e. The van der Waals surface area contributed by atoms with Crippen molar-refractivity contribution in [2.45, 2.75) is 58.4 Å². The molecule has 0 spiro atoms. The molecular weight excluding hydrogens is 1080 g/mol. The number of benzene rings is 8. The molecule has 2 amide bonds. The van der Waals surface area contributed by atoms with Gasteiger partial charge in [0.25, 0.3) is 11.1 Å². The fraction of sp³-hybridized carbons (Fsp3) is 0.205. The highest BCUT2D eigenvalue weighted by Crippen LogP contribution is 2.28. The normalized spacial score (nSPS) is 11.8. The van der Waals surface area contributed by atoms with E-state index in [2.05, 4.69) is 61.3 Å². The molecule has 0 aliphatic heterocycles. The van der Waals surface area contributed by atoms with Gasteiger partial charge in [0, 0.05) is 38.4 Å². The van der Waals surface area contributed by atoms with Gasteiger partial charge in [-0.1, -0.05) is 165 Å². The molecule has 0 saturated carbocycles. The Kier molecular flexibility index (Phi) is 19.9. The number of hydrogen-bond donors (Lipinski definition) is 0. The zero-order valence-electron chi connectivity index (χ0n) is 49.7. The van der Waals surface area contributed by atoms with Crippen molar-refractivity contribution in [1.82, 2.24) is 28.9 Å². The summed E-state index contributed by atoms with van der Waals surface area (Å²) in [6, 6.07) is 64.8. The minimum atomic E-state index is -1.54. The van der Waals surface area contributed by atoms with Crippen LogP contribution >= 0.6 is 0 Å². The Morgan fingerprint density at radius 2 is 0.860 bits per heavy atom. The molecule has 1 unspecified atom stereocenters. The average molecular weight is 1160 g/mol. The molecule has 8 aromatic carbocycles. The van der Waals surface area contributed by atoms with Crippen molar-refractivity contribution in [2.24, 2.45) is 0 Å². The summed E-state index contributed by atoms with van der Waals surface area (Å²) in [5, 5.41) is 1.02. The van der Waals surface area contributed by atoms with Gasteiger partial charge in [-0.05, 0) is 120 Å². The molecule has 13 heteroatoms. The van der Waals surface area contributed by atoms with E-state index in [-0.39, 0.29) is 35.8 Å². The molecule has 0 bridgehead atoms. The highest BCUT2D eigenvalue weighted by Gasteiger charge is 2.29. The van der Waals surface area contributed by atoms with Crippen LogP contribution in [-0.4, -0.2) is 89.3 Å². The third-order valence-corrected chi connectivity index (χ3v) is 15.7. The van der Waals surface area contributed by atoms with E-state index >= 15 is 0 Å². The zero-order valence-corrected chi connectivity index (χ0v) is 50.7. The number of aromatic nitrogens is 4. The van der Waals surface area contributed by atoms with E-state index < -0.39 is 20.2 Å². The van der Waals surface area contributed by atoms with Gasteiger partial charge in [0.2, 0.25) is 11.8 Å². The first-order valence-electron chi connectivity index (χ1n) is 28.7. The first kappa shape index (κ1) is 60.8. The number of methoxy groups -OCH3 is 2. The van der Waals surface area contributed by atoms with E-state index in [0.29, 0.717) is 76.7 Å². The minimum absolute atomic E-state index is 0.0714. The number of amides is 2. The molecule has 0 aliphatic carbocycles. The number of hydrogen-bond acceptors (Lipinski definition) is 8. The Hall–Kier alpha value is -9.76. The fourth-order valence-electron chi connectivity index (χ4n) is 10.2. The van der Waals surface area contributed by atoms with Crippen LogP contribution in [0.4, 0.5) is 0 Å². The summed E-state index contributed by atoms with van der Waals surface area (Å²) < 4.78 is 14.0. The van der Waals surface area contributed by atoms with Crippen molar-refractivity contribution in [3.8, 4) is 57.4 Å². The fourth-order valence-corrected chi connectivity index (χ4v) is 10.7. The number of fused-ring (bicyclic) bond motifs is 2. The van der Waals surface area contributed by atoms with Crippen molar-refractivity contribution in [3.05, 3.63) is 261 Å². The van der Waals surface area contributed by atoms with Crippen molar-refractivity contribution in [3.63, 3.8) is 0 Å². The van der Waals surface area contributed by atoms with Gasteiger partial charge >= 0.3 is 0 Å². The molecule has 12 nitrogen and oxygen atoms in total. The number of carbonyl (C=O) groups is 2. The van der Waals surface area contributed by atoms with Crippen LogP contribution in [0, 0.1) is 23.8 Å². The van der Waals surface area contributed by atoms with Crippen molar-refractivity contribution < 1.29 is 19.1 Å². The average Bonchev–Trinajstić information content (AvgIpc) is 1.01. The van der Waals surface area contributed by atoms with Crippen LogP contribution in [0.15, 0.2) is 216 Å². The molecule has 0 radical (unpaired) electrons. The lowest BCUT2D eigenvalue weighted by atomic mass is 10.0. The molecule has 2 heterocycles. The summed E-state index contributed by atoms with van der Waals surface area (Å²) in [7, 11) is 1.69. The number of para-hydroxylation sites is 2. The van der Waals surface area contributed by atoms with Crippen molar-refractivity contribution in [1.29, 1.82) is 0 Å². The Morgan fingerprint density at radius 3 is 1.23 bits per heavy atom. The third-order valence-electron chi connectivity index (χ3n) is 14.8. The lowest BCUT2D eigenvalue weighted by Gasteiger charge is -2.30. The van der Waals surface area contributed by atoms with Gasteiger partial charge in [-0.15, -0.1) is 12.0 Å². The smallest absolute Gasteiger partial charge is 0.266 e. The van der Waals surface area contributed by atoms with Gasteiger partial charge in [0.1, 0.15) is 19.7 Å². The van der Waals surface area contributed by atoms with Crippen LogP contribution in [0.2, 0.25) is 19.6 Å². The lowest BCUT2D eigenvalue weighted by Crippen LogP contribution is -2.40. The van der Waals surface area contributed by atoms with Crippen LogP contribution in [0.3, 0.4) is 0 Å². The Morgan fingerprint density at radius 1 is 0.500 bits per heavy atom. The van der Waals surface area contributed by atoms with Crippen LogP contribution in [0.25, 0.3) is 55.4 Å². The predicted molar refractivity (Wildman–Crippen MR) is 348 cm³/mol. The van der Waals surface area contributed by atoms with Gasteiger partial charge in [-0.2, -0.15) is 0 Å². The first-order valence-corrected chi connectivity index (χ1v) is 32.2. The summed E-state index contributed by atoms with van der Waals surface area (Å²) in [4.78, 5) is 68.9. The molecule has 0 aliphatic rings. The van der Waals surface area contributed by atoms with E-state index in [1.54, 1.807) is 69.6 Å². The maximum Gasteiger partial charge on any atom is 0.266 e. The van der Waals surface area contributed by atoms with Crippen LogP contribution in [0.5, 0.6) is 0 Å². The van der Waals surface area contributed by atoms with Crippen LogP contribution < -0.4 is 11.1 Å². The minimum Gasteiger partial charge on any atom is -0.383 e. The van der Waals surface area contributed by atoms with Crippen LogP contribution in [-0.2, 0) is 31.9 Å². The number of rotatable bonds is 18. The zero-order chi connectivity index (χ0) is 60.7. The second-order valence-corrected chi connectivity index (χ2v) is 26.7. The highest BCUT2D eigenvalue weighted by atomic mass is 28.3. The maximum absolute atomic E-state index is 14.0. The van der Waals surface area contributed by atoms with Gasteiger partial charge in [0.05, 0.1) is 71.3 Å². The number of terminal acetylenes is 1. The van der Waals surface area contributed by atoms with Crippen molar-refractivity contribution >= 4 is 41.7 Å². The van der Waals surface area contributed by atoms with Gasteiger partial charge in [-0.25, -0.2) is 9.97 Å². The van der Waals surface area contributed by atoms with E-state index in [1.807, 2.05) is 159 Å². The standard InChI is InChI=1S/C38H39N3O3Si.C35H31N3O3/c1-28(40(24-25-44-2)36(42)27-30-15-19-32(20-16-30)31-11-7-6-8-12-31)37-39-35-14-10-9-13-34(35)38(43)41(37)33-21-17-29(18-22-33)23-26-45(3,4)5;1-4-26-16-20-30(21-17-26)38-34(36-32-13-9-8-12-31(32)35(38)40)25(2)37(22-23-41-3)33(39)24-27-14-18-29(19-15-27)28-10-6-5-7-11-28/h6-22,28H,24-25,27H2,1-5H3;1,5-21,25H,22-24H2,2-3H3/t;25-/m.1/s1.